The number of fused-ring (bicyclic) bond motifs is 1. The Labute approximate surface area is 199 Å². The summed E-state index contributed by atoms with van der Waals surface area (Å²) in [6, 6.07) is 14.9. The molecule has 2 aliphatic rings. The summed E-state index contributed by atoms with van der Waals surface area (Å²) >= 11 is 0. The number of hydrogen-bond acceptors (Lipinski definition) is 6. The van der Waals surface area contributed by atoms with Crippen LogP contribution in [0, 0.1) is 13.8 Å². The first-order chi connectivity index (χ1) is 16.5. The predicted octanol–water partition coefficient (Wildman–Crippen LogP) is 4.18. The lowest BCUT2D eigenvalue weighted by atomic mass is 9.91. The van der Waals surface area contributed by atoms with Gasteiger partial charge in [0, 0.05) is 55.2 Å². The molecule has 3 aromatic heterocycles. The third-order valence-corrected chi connectivity index (χ3v) is 7.18. The van der Waals surface area contributed by atoms with Crippen LogP contribution in [0.15, 0.2) is 60.9 Å². The molecule has 1 aliphatic heterocycles. The largest absolute Gasteiger partial charge is 0.371 e. The third-order valence-electron chi connectivity index (χ3n) is 7.18. The number of nitrogens with one attached hydrogen (secondary N) is 2. The van der Waals surface area contributed by atoms with E-state index in [2.05, 4.69) is 63.1 Å². The first-order valence-corrected chi connectivity index (χ1v) is 11.9. The van der Waals surface area contributed by atoms with Crippen molar-refractivity contribution in [2.75, 3.05) is 36.4 Å². The van der Waals surface area contributed by atoms with Crippen LogP contribution in [0.25, 0.3) is 5.52 Å². The number of allylic oxidation sites excluding steroid dienone is 1. The van der Waals surface area contributed by atoms with Crippen LogP contribution in [0.4, 0.5) is 17.6 Å². The molecule has 0 spiro atoms. The van der Waals surface area contributed by atoms with E-state index in [0.29, 0.717) is 0 Å². The summed E-state index contributed by atoms with van der Waals surface area (Å²) in [5, 5.41) is 15.4. The normalized spacial score (nSPS) is 17.2. The van der Waals surface area contributed by atoms with Gasteiger partial charge in [-0.25, -0.2) is 4.52 Å². The van der Waals surface area contributed by atoms with E-state index in [1.54, 1.807) is 0 Å². The average molecular weight is 455 g/mol. The highest BCUT2D eigenvalue weighted by molar-refractivity contribution is 5.73. The maximum Gasteiger partial charge on any atom is 0.245 e. The molecule has 1 aromatic carbocycles. The van der Waals surface area contributed by atoms with Crippen LogP contribution in [0.3, 0.4) is 0 Å². The van der Waals surface area contributed by atoms with Crippen molar-refractivity contribution in [1.82, 2.24) is 29.7 Å². The van der Waals surface area contributed by atoms with Crippen molar-refractivity contribution in [3.63, 3.8) is 0 Å². The molecular weight excluding hydrogens is 424 g/mol. The van der Waals surface area contributed by atoms with Crippen molar-refractivity contribution in [2.45, 2.75) is 32.1 Å². The Morgan fingerprint density at radius 1 is 1.06 bits per heavy atom. The highest BCUT2D eigenvalue weighted by atomic mass is 15.4. The zero-order valence-electron chi connectivity index (χ0n) is 19.8. The van der Waals surface area contributed by atoms with Gasteiger partial charge in [0.15, 0.2) is 11.6 Å². The predicted molar refractivity (Wildman–Crippen MR) is 135 cm³/mol. The Hall–Kier alpha value is -3.81. The number of anilines is 3. The molecular formula is C26H30N8. The zero-order chi connectivity index (χ0) is 23.3. The molecule has 0 unspecified atom stereocenters. The van der Waals surface area contributed by atoms with E-state index in [0.717, 1.165) is 55.0 Å². The quantitative estimate of drug-likeness (QED) is 0.455. The number of nitrogens with zero attached hydrogens (tertiary/aromatic N) is 6. The molecule has 2 N–H and O–H groups in total. The zero-order valence-corrected chi connectivity index (χ0v) is 19.8. The minimum Gasteiger partial charge on any atom is -0.371 e. The average Bonchev–Trinajstić information content (AvgIpc) is 3.33. The Balaban J connectivity index is 1.19. The fourth-order valence-corrected chi connectivity index (χ4v) is 4.97. The summed E-state index contributed by atoms with van der Waals surface area (Å²) in [4.78, 5) is 9.60. The van der Waals surface area contributed by atoms with E-state index in [1.807, 2.05) is 35.8 Å². The summed E-state index contributed by atoms with van der Waals surface area (Å²) < 4.78 is 1.88. The summed E-state index contributed by atoms with van der Waals surface area (Å²) in [6.07, 6.45) is 4.33. The minimum atomic E-state index is 0.120. The minimum absolute atomic E-state index is 0.120. The van der Waals surface area contributed by atoms with Gasteiger partial charge in [-0.2, -0.15) is 10.1 Å². The van der Waals surface area contributed by atoms with E-state index < -0.39 is 0 Å². The first-order valence-electron chi connectivity index (χ1n) is 11.9. The molecule has 174 valence electrons. The standard InChI is InChI=1S/C26H30N8/c1-18-6-8-21(9-7-18)26(10-11-26)20(3)32-13-15-33(16-14-32)25-28-24(22-5-4-12-34(22)31-25)27-23-17-19(2)29-30-23/h4-9,12,17H,3,10-11,13-16H2,1-2H3,(H2,27,28,29,30,31). The monoisotopic (exact) mass is 454 g/mol. The summed E-state index contributed by atoms with van der Waals surface area (Å²) in [5.74, 6) is 2.23. The molecule has 0 atom stereocenters. The number of hydrogen-bond donors (Lipinski definition) is 2. The molecule has 0 amide bonds. The molecule has 2 fully saturated rings. The Morgan fingerprint density at radius 3 is 2.50 bits per heavy atom. The smallest absolute Gasteiger partial charge is 0.245 e. The maximum absolute atomic E-state index is 4.88. The molecule has 4 aromatic rings. The van der Waals surface area contributed by atoms with Gasteiger partial charge in [0.1, 0.15) is 5.52 Å². The fraction of sp³-hybridized carbons (Fsp3) is 0.346. The number of aromatic amines is 1. The van der Waals surface area contributed by atoms with E-state index >= 15 is 0 Å². The molecule has 8 nitrogen and oxygen atoms in total. The van der Waals surface area contributed by atoms with E-state index in [4.69, 9.17) is 10.1 Å². The van der Waals surface area contributed by atoms with Gasteiger partial charge in [0.05, 0.1) is 0 Å². The second-order valence-corrected chi connectivity index (χ2v) is 9.53. The van der Waals surface area contributed by atoms with Gasteiger partial charge in [0.25, 0.3) is 0 Å². The highest BCUT2D eigenvalue weighted by Crippen LogP contribution is 2.54. The maximum atomic E-state index is 4.88. The van der Waals surface area contributed by atoms with Crippen LogP contribution in [-0.2, 0) is 5.41 Å². The van der Waals surface area contributed by atoms with E-state index in [-0.39, 0.29) is 5.41 Å². The molecule has 34 heavy (non-hydrogen) atoms. The van der Waals surface area contributed by atoms with Crippen LogP contribution in [0.1, 0.15) is 29.7 Å². The van der Waals surface area contributed by atoms with Gasteiger partial charge < -0.3 is 15.1 Å². The van der Waals surface area contributed by atoms with Gasteiger partial charge in [-0.15, -0.1) is 5.10 Å². The van der Waals surface area contributed by atoms with Crippen molar-refractivity contribution in [3.05, 3.63) is 77.8 Å². The third kappa shape index (κ3) is 3.59. The van der Waals surface area contributed by atoms with Gasteiger partial charge >= 0.3 is 0 Å². The number of aryl methyl sites for hydroxylation is 2. The van der Waals surface area contributed by atoms with E-state index in [1.165, 1.54) is 29.7 Å². The molecule has 4 heterocycles. The van der Waals surface area contributed by atoms with Crippen molar-refractivity contribution in [2.24, 2.45) is 0 Å². The van der Waals surface area contributed by atoms with Crippen LogP contribution >= 0.6 is 0 Å². The summed E-state index contributed by atoms with van der Waals surface area (Å²) in [7, 11) is 0. The molecule has 0 bridgehead atoms. The Kier molecular flexibility index (Phi) is 4.83. The molecule has 8 heteroatoms. The van der Waals surface area contributed by atoms with Crippen molar-refractivity contribution < 1.29 is 0 Å². The van der Waals surface area contributed by atoms with Crippen molar-refractivity contribution in [1.29, 1.82) is 0 Å². The summed E-state index contributed by atoms with van der Waals surface area (Å²) in [6.45, 7) is 12.2. The van der Waals surface area contributed by atoms with Crippen LogP contribution in [0.5, 0.6) is 0 Å². The topological polar surface area (TPSA) is 77.4 Å². The number of rotatable bonds is 6. The van der Waals surface area contributed by atoms with Crippen LogP contribution in [0.2, 0.25) is 0 Å². The molecule has 1 saturated carbocycles. The lowest BCUT2D eigenvalue weighted by Gasteiger charge is -2.39. The van der Waals surface area contributed by atoms with E-state index in [9.17, 15) is 0 Å². The number of piperazine rings is 1. The first kappa shape index (κ1) is 20.8. The Bertz CT molecular complexity index is 1340. The van der Waals surface area contributed by atoms with Crippen LogP contribution < -0.4 is 10.2 Å². The SMILES string of the molecule is C=C(N1CCN(c2nc(Nc3cc(C)[nH]n3)c3cccn3n2)CC1)C1(c2ccc(C)cc2)CC1. The molecule has 1 saturated heterocycles. The van der Waals surface area contributed by atoms with Gasteiger partial charge in [0.2, 0.25) is 5.95 Å². The molecule has 6 rings (SSSR count). The van der Waals surface area contributed by atoms with Crippen LogP contribution in [-0.4, -0.2) is 55.9 Å². The van der Waals surface area contributed by atoms with Crippen molar-refractivity contribution in [3.8, 4) is 0 Å². The Morgan fingerprint density at radius 2 is 1.82 bits per heavy atom. The van der Waals surface area contributed by atoms with Crippen molar-refractivity contribution >= 4 is 23.1 Å². The number of H-pyrrole nitrogens is 1. The molecule has 1 aliphatic carbocycles. The van der Waals surface area contributed by atoms with Gasteiger partial charge in [-0.3, -0.25) is 5.10 Å². The highest BCUT2D eigenvalue weighted by Gasteiger charge is 2.48. The molecule has 0 radical (unpaired) electrons. The number of benzene rings is 1. The lowest BCUT2D eigenvalue weighted by Crippen LogP contribution is -2.48. The summed E-state index contributed by atoms with van der Waals surface area (Å²) in [5.41, 5.74) is 6.00. The second kappa shape index (κ2) is 7.90. The fourth-order valence-electron chi connectivity index (χ4n) is 4.97. The lowest BCUT2D eigenvalue weighted by molar-refractivity contribution is 0.297. The van der Waals surface area contributed by atoms with Gasteiger partial charge in [-0.1, -0.05) is 36.4 Å². The number of aromatic nitrogens is 5. The second-order valence-electron chi connectivity index (χ2n) is 9.53. The van der Waals surface area contributed by atoms with Gasteiger partial charge in [-0.05, 0) is 44.4 Å².